The van der Waals surface area contributed by atoms with Crippen molar-refractivity contribution in [3.05, 3.63) is 40.8 Å². The zero-order chi connectivity index (χ0) is 10.8. The van der Waals surface area contributed by atoms with Gasteiger partial charge in [0.1, 0.15) is 0 Å². The maximum atomic E-state index is 10.6. The molecule has 15 heavy (non-hydrogen) atoms. The molecule has 0 spiro atoms. The standard InChI is InChI=1S/C11H9ClN2O/c1-7-11(14-10(6-15)13-7)8-3-2-4-9(12)5-8/h2-6H,1H3,(H,13,14). The van der Waals surface area contributed by atoms with E-state index in [4.69, 9.17) is 11.6 Å². The maximum absolute atomic E-state index is 10.6. The van der Waals surface area contributed by atoms with Gasteiger partial charge in [0.2, 0.25) is 0 Å². The fourth-order valence-corrected chi connectivity index (χ4v) is 1.65. The third-order valence-electron chi connectivity index (χ3n) is 2.11. The van der Waals surface area contributed by atoms with E-state index in [0.29, 0.717) is 17.1 Å². The second-order valence-electron chi connectivity index (χ2n) is 3.22. The van der Waals surface area contributed by atoms with Gasteiger partial charge < -0.3 is 4.98 Å². The van der Waals surface area contributed by atoms with Crippen LogP contribution in [-0.2, 0) is 0 Å². The van der Waals surface area contributed by atoms with Crippen LogP contribution in [0, 0.1) is 6.92 Å². The van der Waals surface area contributed by atoms with Crippen molar-refractivity contribution in [2.75, 3.05) is 0 Å². The Hall–Kier alpha value is -1.61. The van der Waals surface area contributed by atoms with Crippen LogP contribution in [0.2, 0.25) is 5.02 Å². The molecular weight excluding hydrogens is 212 g/mol. The van der Waals surface area contributed by atoms with Crippen LogP contribution in [0.15, 0.2) is 24.3 Å². The minimum atomic E-state index is 0.336. The summed E-state index contributed by atoms with van der Waals surface area (Å²) < 4.78 is 0. The molecule has 0 atom stereocenters. The number of halogens is 1. The molecule has 4 heteroatoms. The largest absolute Gasteiger partial charge is 0.339 e. The molecule has 0 aliphatic heterocycles. The van der Waals surface area contributed by atoms with Crippen molar-refractivity contribution in [2.45, 2.75) is 6.92 Å². The second kappa shape index (κ2) is 3.87. The van der Waals surface area contributed by atoms with Gasteiger partial charge in [-0.25, -0.2) is 4.98 Å². The van der Waals surface area contributed by atoms with Crippen molar-refractivity contribution in [1.82, 2.24) is 9.97 Å². The number of hydrogen-bond acceptors (Lipinski definition) is 2. The Morgan fingerprint density at radius 3 is 2.87 bits per heavy atom. The number of aromatic amines is 1. The summed E-state index contributed by atoms with van der Waals surface area (Å²) in [5.74, 6) is 0.336. The average molecular weight is 221 g/mol. The first-order valence-electron chi connectivity index (χ1n) is 4.48. The Labute approximate surface area is 92.1 Å². The number of nitrogens with one attached hydrogen (secondary N) is 1. The summed E-state index contributed by atoms with van der Waals surface area (Å²) in [6.07, 6.45) is 0.695. The predicted molar refractivity (Wildman–Crippen MR) is 59.2 cm³/mol. The highest BCUT2D eigenvalue weighted by Crippen LogP contribution is 2.23. The zero-order valence-electron chi connectivity index (χ0n) is 8.12. The van der Waals surface area contributed by atoms with Crippen molar-refractivity contribution < 1.29 is 4.79 Å². The Balaban J connectivity index is 2.53. The van der Waals surface area contributed by atoms with Gasteiger partial charge in [0.25, 0.3) is 0 Å². The van der Waals surface area contributed by atoms with Crippen LogP contribution in [0.5, 0.6) is 0 Å². The minimum Gasteiger partial charge on any atom is -0.339 e. The van der Waals surface area contributed by atoms with Gasteiger partial charge in [0.05, 0.1) is 5.69 Å². The lowest BCUT2D eigenvalue weighted by Gasteiger charge is -1.98. The van der Waals surface area contributed by atoms with Crippen molar-refractivity contribution in [2.24, 2.45) is 0 Å². The number of imidazole rings is 1. The summed E-state index contributed by atoms with van der Waals surface area (Å²) in [7, 11) is 0. The summed E-state index contributed by atoms with van der Waals surface area (Å²) in [6.45, 7) is 1.87. The Kier molecular flexibility index (Phi) is 2.56. The SMILES string of the molecule is Cc1[nH]c(C=O)nc1-c1cccc(Cl)c1. The van der Waals surface area contributed by atoms with Crippen LogP contribution in [0.25, 0.3) is 11.3 Å². The number of rotatable bonds is 2. The number of nitrogens with zero attached hydrogens (tertiary/aromatic N) is 1. The molecule has 1 aromatic carbocycles. The molecule has 3 nitrogen and oxygen atoms in total. The first-order valence-corrected chi connectivity index (χ1v) is 4.86. The normalized spacial score (nSPS) is 10.3. The molecule has 2 aromatic rings. The molecule has 1 heterocycles. The lowest BCUT2D eigenvalue weighted by Crippen LogP contribution is -1.82. The maximum Gasteiger partial charge on any atom is 0.185 e. The summed E-state index contributed by atoms with van der Waals surface area (Å²) in [4.78, 5) is 17.6. The third kappa shape index (κ3) is 1.92. The number of aromatic nitrogens is 2. The molecule has 0 saturated carbocycles. The quantitative estimate of drug-likeness (QED) is 0.791. The van der Waals surface area contributed by atoms with Crippen LogP contribution in [-0.4, -0.2) is 16.3 Å². The van der Waals surface area contributed by atoms with Gasteiger partial charge in [0.15, 0.2) is 12.1 Å². The van der Waals surface area contributed by atoms with E-state index in [1.54, 1.807) is 6.07 Å². The molecule has 0 aliphatic rings. The van der Waals surface area contributed by atoms with E-state index >= 15 is 0 Å². The number of hydrogen-bond donors (Lipinski definition) is 1. The Bertz CT molecular complexity index is 505. The van der Waals surface area contributed by atoms with Crippen LogP contribution in [0.4, 0.5) is 0 Å². The van der Waals surface area contributed by atoms with Crippen molar-refractivity contribution in [3.8, 4) is 11.3 Å². The van der Waals surface area contributed by atoms with Crippen molar-refractivity contribution in [1.29, 1.82) is 0 Å². The molecule has 2 rings (SSSR count). The van der Waals surface area contributed by atoms with Gasteiger partial charge in [-0.05, 0) is 19.1 Å². The highest BCUT2D eigenvalue weighted by molar-refractivity contribution is 6.30. The van der Waals surface area contributed by atoms with Crippen molar-refractivity contribution in [3.63, 3.8) is 0 Å². The minimum absolute atomic E-state index is 0.336. The molecule has 1 aromatic heterocycles. The highest BCUT2D eigenvalue weighted by Gasteiger charge is 2.08. The summed E-state index contributed by atoms with van der Waals surface area (Å²) >= 11 is 5.88. The van der Waals surface area contributed by atoms with Gasteiger partial charge in [0, 0.05) is 16.3 Å². The average Bonchev–Trinajstić information content (AvgIpc) is 2.60. The number of carbonyl (C=O) groups excluding carboxylic acids is 1. The lowest BCUT2D eigenvalue weighted by molar-refractivity contribution is 0.111. The molecular formula is C11H9ClN2O. The molecule has 0 amide bonds. The number of aldehydes is 1. The molecule has 76 valence electrons. The van der Waals surface area contributed by atoms with Gasteiger partial charge >= 0.3 is 0 Å². The third-order valence-corrected chi connectivity index (χ3v) is 2.35. The van der Waals surface area contributed by atoms with Gasteiger partial charge in [-0.15, -0.1) is 0 Å². The van der Waals surface area contributed by atoms with E-state index in [2.05, 4.69) is 9.97 Å². The topological polar surface area (TPSA) is 45.8 Å². The fraction of sp³-hybridized carbons (Fsp3) is 0.0909. The first-order chi connectivity index (χ1) is 7.20. The zero-order valence-corrected chi connectivity index (χ0v) is 8.88. The smallest absolute Gasteiger partial charge is 0.185 e. The van der Waals surface area contributed by atoms with E-state index in [-0.39, 0.29) is 0 Å². The highest BCUT2D eigenvalue weighted by atomic mass is 35.5. The summed E-state index contributed by atoms with van der Waals surface area (Å²) in [5, 5.41) is 0.655. The number of carbonyl (C=O) groups is 1. The van der Waals surface area contributed by atoms with Gasteiger partial charge in [-0.2, -0.15) is 0 Å². The van der Waals surface area contributed by atoms with E-state index in [1.807, 2.05) is 25.1 Å². The Morgan fingerprint density at radius 2 is 2.27 bits per heavy atom. The van der Waals surface area contributed by atoms with Crippen LogP contribution >= 0.6 is 11.6 Å². The van der Waals surface area contributed by atoms with Gasteiger partial charge in [-0.3, -0.25) is 4.79 Å². The van der Waals surface area contributed by atoms with Crippen LogP contribution in [0.1, 0.15) is 16.3 Å². The van der Waals surface area contributed by atoms with E-state index in [1.165, 1.54) is 0 Å². The Morgan fingerprint density at radius 1 is 1.47 bits per heavy atom. The molecule has 0 saturated heterocycles. The molecule has 0 bridgehead atoms. The summed E-state index contributed by atoms with van der Waals surface area (Å²) in [5.41, 5.74) is 2.53. The molecule has 0 aliphatic carbocycles. The first kappa shape index (κ1) is 9.93. The van der Waals surface area contributed by atoms with E-state index in [0.717, 1.165) is 17.0 Å². The van der Waals surface area contributed by atoms with Crippen molar-refractivity contribution >= 4 is 17.9 Å². The fourth-order valence-electron chi connectivity index (χ4n) is 1.46. The number of aryl methyl sites for hydroxylation is 1. The van der Waals surface area contributed by atoms with E-state index in [9.17, 15) is 4.79 Å². The molecule has 1 N–H and O–H groups in total. The molecule has 0 radical (unpaired) electrons. The monoisotopic (exact) mass is 220 g/mol. The predicted octanol–water partition coefficient (Wildman–Crippen LogP) is 2.85. The van der Waals surface area contributed by atoms with E-state index < -0.39 is 0 Å². The molecule has 0 fully saturated rings. The van der Waals surface area contributed by atoms with Crippen LogP contribution in [0.3, 0.4) is 0 Å². The number of benzene rings is 1. The molecule has 0 unspecified atom stereocenters. The lowest BCUT2D eigenvalue weighted by atomic mass is 10.1. The second-order valence-corrected chi connectivity index (χ2v) is 3.66. The summed E-state index contributed by atoms with van der Waals surface area (Å²) in [6, 6.07) is 7.38. The van der Waals surface area contributed by atoms with Gasteiger partial charge in [-0.1, -0.05) is 23.7 Å². The number of H-pyrrole nitrogens is 1. The van der Waals surface area contributed by atoms with Crippen LogP contribution < -0.4 is 0 Å².